The SMILES string of the molecule is N#Cc1c(-c2ccccc2)cc(-c2ccccc2S)nc1SCSC1CCCCC1. The van der Waals surface area contributed by atoms with Gasteiger partial charge >= 0.3 is 0 Å². The minimum Gasteiger partial charge on any atom is -0.240 e. The predicted octanol–water partition coefficient (Wildman–Crippen LogP) is 7.69. The summed E-state index contributed by atoms with van der Waals surface area (Å²) in [5.74, 6) is 0. The second kappa shape index (κ2) is 10.4. The van der Waals surface area contributed by atoms with Gasteiger partial charge in [0.05, 0.1) is 11.3 Å². The Labute approximate surface area is 192 Å². The molecule has 2 aromatic carbocycles. The Morgan fingerprint density at radius 1 is 0.967 bits per heavy atom. The van der Waals surface area contributed by atoms with E-state index in [-0.39, 0.29) is 0 Å². The Hall–Kier alpha value is -1.87. The molecule has 2 nitrogen and oxygen atoms in total. The molecule has 152 valence electrons. The maximum absolute atomic E-state index is 10.00. The number of aromatic nitrogens is 1. The molecule has 0 saturated heterocycles. The summed E-state index contributed by atoms with van der Waals surface area (Å²) in [6.07, 6.45) is 6.68. The van der Waals surface area contributed by atoms with E-state index in [0.29, 0.717) is 5.56 Å². The Kier molecular flexibility index (Phi) is 7.43. The molecule has 0 unspecified atom stereocenters. The third kappa shape index (κ3) is 5.06. The van der Waals surface area contributed by atoms with Crippen LogP contribution in [-0.4, -0.2) is 15.3 Å². The van der Waals surface area contributed by atoms with Crippen LogP contribution in [0.4, 0.5) is 0 Å². The van der Waals surface area contributed by atoms with Gasteiger partial charge in [0.1, 0.15) is 11.1 Å². The van der Waals surface area contributed by atoms with Crippen LogP contribution in [0.5, 0.6) is 0 Å². The number of thioether (sulfide) groups is 2. The summed E-state index contributed by atoms with van der Waals surface area (Å²) in [6, 6.07) is 22.6. The molecule has 1 aromatic heterocycles. The fraction of sp³-hybridized carbons (Fsp3) is 0.280. The van der Waals surface area contributed by atoms with Crippen molar-refractivity contribution in [2.24, 2.45) is 0 Å². The number of rotatable bonds is 6. The number of hydrogen-bond acceptors (Lipinski definition) is 5. The molecular formula is C25H24N2S3. The predicted molar refractivity (Wildman–Crippen MR) is 132 cm³/mol. The van der Waals surface area contributed by atoms with Gasteiger partial charge in [0.2, 0.25) is 0 Å². The molecule has 0 atom stereocenters. The number of nitriles is 1. The molecule has 0 bridgehead atoms. The monoisotopic (exact) mass is 448 g/mol. The molecule has 5 heteroatoms. The number of nitrogens with zero attached hydrogens (tertiary/aromatic N) is 2. The first-order valence-corrected chi connectivity index (χ1v) is 12.8. The molecule has 0 N–H and O–H groups in total. The van der Waals surface area contributed by atoms with Gasteiger partial charge in [-0.3, -0.25) is 0 Å². The van der Waals surface area contributed by atoms with Gasteiger partial charge in [-0.25, -0.2) is 4.98 Å². The van der Waals surface area contributed by atoms with Crippen LogP contribution in [0.25, 0.3) is 22.4 Å². The third-order valence-electron chi connectivity index (χ3n) is 5.41. The number of benzene rings is 2. The molecule has 0 aliphatic heterocycles. The van der Waals surface area contributed by atoms with Gasteiger partial charge in [-0.2, -0.15) is 5.26 Å². The molecular weight excluding hydrogens is 424 g/mol. The Balaban J connectivity index is 1.70. The van der Waals surface area contributed by atoms with Crippen LogP contribution < -0.4 is 0 Å². The van der Waals surface area contributed by atoms with Crippen molar-refractivity contribution in [3.63, 3.8) is 0 Å². The summed E-state index contributed by atoms with van der Waals surface area (Å²) < 4.78 is 0. The first kappa shape index (κ1) is 21.4. The first-order chi connectivity index (χ1) is 14.8. The van der Waals surface area contributed by atoms with Crippen molar-refractivity contribution in [2.45, 2.75) is 47.3 Å². The summed E-state index contributed by atoms with van der Waals surface area (Å²) >= 11 is 8.35. The van der Waals surface area contributed by atoms with Crippen molar-refractivity contribution in [2.75, 3.05) is 5.08 Å². The topological polar surface area (TPSA) is 36.7 Å². The maximum Gasteiger partial charge on any atom is 0.116 e. The van der Waals surface area contributed by atoms with Crippen LogP contribution in [0.15, 0.2) is 70.6 Å². The zero-order valence-electron chi connectivity index (χ0n) is 16.8. The lowest BCUT2D eigenvalue weighted by Gasteiger charge is -2.20. The molecule has 1 aliphatic rings. The number of pyridine rings is 1. The summed E-state index contributed by atoms with van der Waals surface area (Å²) in [5.41, 5.74) is 4.49. The molecule has 0 spiro atoms. The minimum absolute atomic E-state index is 0.663. The quantitative estimate of drug-likeness (QED) is 0.238. The van der Waals surface area contributed by atoms with Gasteiger partial charge in [-0.15, -0.1) is 24.4 Å². The van der Waals surface area contributed by atoms with Gasteiger partial charge in [-0.1, -0.05) is 79.6 Å². The zero-order chi connectivity index (χ0) is 20.8. The number of hydrogen-bond donors (Lipinski definition) is 1. The van der Waals surface area contributed by atoms with E-state index in [0.717, 1.165) is 42.6 Å². The molecule has 1 fully saturated rings. The van der Waals surface area contributed by atoms with Gasteiger partial charge in [-0.05, 0) is 30.5 Å². The second-order valence-electron chi connectivity index (χ2n) is 7.42. The molecule has 0 radical (unpaired) electrons. The smallest absolute Gasteiger partial charge is 0.116 e. The van der Waals surface area contributed by atoms with E-state index in [4.69, 9.17) is 4.98 Å². The normalized spacial score (nSPS) is 14.4. The highest BCUT2D eigenvalue weighted by molar-refractivity contribution is 8.16. The fourth-order valence-electron chi connectivity index (χ4n) is 3.83. The highest BCUT2D eigenvalue weighted by atomic mass is 32.2. The van der Waals surface area contributed by atoms with Crippen molar-refractivity contribution in [3.05, 3.63) is 66.2 Å². The Morgan fingerprint density at radius 3 is 2.43 bits per heavy atom. The van der Waals surface area contributed by atoms with E-state index in [9.17, 15) is 5.26 Å². The van der Waals surface area contributed by atoms with Crippen LogP contribution in [0.3, 0.4) is 0 Å². The highest BCUT2D eigenvalue weighted by Gasteiger charge is 2.18. The van der Waals surface area contributed by atoms with E-state index in [2.05, 4.69) is 30.8 Å². The standard InChI is InChI=1S/C25H24N2S3/c26-16-22-21(18-9-3-1-4-10-18)15-23(20-13-7-8-14-24(20)28)27-25(22)30-17-29-19-11-5-2-6-12-19/h1,3-4,7-10,13-15,19,28H,2,5-6,11-12,17H2. The van der Waals surface area contributed by atoms with Crippen LogP contribution in [0.1, 0.15) is 37.7 Å². The second-order valence-corrected chi connectivity index (χ2v) is 10.5. The summed E-state index contributed by atoms with van der Waals surface area (Å²) in [7, 11) is 0. The summed E-state index contributed by atoms with van der Waals surface area (Å²) in [4.78, 5) is 5.81. The zero-order valence-corrected chi connectivity index (χ0v) is 19.3. The molecule has 1 heterocycles. The molecule has 3 aromatic rings. The van der Waals surface area contributed by atoms with Crippen molar-refractivity contribution < 1.29 is 0 Å². The van der Waals surface area contributed by atoms with Crippen molar-refractivity contribution >= 4 is 36.2 Å². The van der Waals surface area contributed by atoms with Gasteiger partial charge in [0.15, 0.2) is 0 Å². The van der Waals surface area contributed by atoms with Gasteiger partial charge in [0.25, 0.3) is 0 Å². The molecule has 1 saturated carbocycles. The van der Waals surface area contributed by atoms with Crippen LogP contribution >= 0.6 is 36.2 Å². The van der Waals surface area contributed by atoms with E-state index >= 15 is 0 Å². The van der Waals surface area contributed by atoms with Crippen molar-refractivity contribution in [1.82, 2.24) is 4.98 Å². The van der Waals surface area contributed by atoms with E-state index in [1.54, 1.807) is 11.8 Å². The van der Waals surface area contributed by atoms with E-state index in [1.165, 1.54) is 32.1 Å². The molecule has 4 rings (SSSR count). The van der Waals surface area contributed by atoms with Crippen molar-refractivity contribution in [3.8, 4) is 28.5 Å². The number of thiol groups is 1. The first-order valence-electron chi connectivity index (χ1n) is 10.3. The van der Waals surface area contributed by atoms with Gasteiger partial charge in [0, 0.05) is 26.4 Å². The lowest BCUT2D eigenvalue weighted by molar-refractivity contribution is 0.516. The minimum atomic E-state index is 0.663. The van der Waals surface area contributed by atoms with Crippen LogP contribution in [-0.2, 0) is 0 Å². The van der Waals surface area contributed by atoms with Crippen LogP contribution in [0, 0.1) is 11.3 Å². The Bertz CT molecular complexity index is 1040. The molecule has 1 aliphatic carbocycles. The van der Waals surface area contributed by atoms with Crippen LogP contribution in [0.2, 0.25) is 0 Å². The van der Waals surface area contributed by atoms with E-state index < -0.39 is 0 Å². The lowest BCUT2D eigenvalue weighted by atomic mass is 9.99. The average Bonchev–Trinajstić information content (AvgIpc) is 2.80. The van der Waals surface area contributed by atoms with Crippen molar-refractivity contribution in [1.29, 1.82) is 5.26 Å². The Morgan fingerprint density at radius 2 is 1.70 bits per heavy atom. The molecule has 0 amide bonds. The average molecular weight is 449 g/mol. The highest BCUT2D eigenvalue weighted by Crippen LogP contribution is 2.38. The fourth-order valence-corrected chi connectivity index (χ4v) is 6.72. The largest absolute Gasteiger partial charge is 0.240 e. The summed E-state index contributed by atoms with van der Waals surface area (Å²) in [6.45, 7) is 0. The lowest BCUT2D eigenvalue weighted by Crippen LogP contribution is -2.08. The molecule has 30 heavy (non-hydrogen) atoms. The third-order valence-corrected chi connectivity index (χ3v) is 8.33. The van der Waals surface area contributed by atoms with E-state index in [1.807, 2.05) is 60.3 Å². The maximum atomic E-state index is 10.00. The summed E-state index contributed by atoms with van der Waals surface area (Å²) in [5, 5.41) is 12.5. The van der Waals surface area contributed by atoms with Gasteiger partial charge < -0.3 is 0 Å².